The summed E-state index contributed by atoms with van der Waals surface area (Å²) in [5.41, 5.74) is 3.16. The third kappa shape index (κ3) is 8.66. The predicted octanol–water partition coefficient (Wildman–Crippen LogP) is 7.99. The lowest BCUT2D eigenvalue weighted by Crippen LogP contribution is -2.22. The molecule has 1 heterocycles. The Morgan fingerprint density at radius 3 is 1.26 bits per heavy atom. The van der Waals surface area contributed by atoms with E-state index in [9.17, 15) is 10.2 Å². The molecule has 0 aliphatic carbocycles. The molecule has 0 spiro atoms. The number of benzene rings is 4. The van der Waals surface area contributed by atoms with E-state index in [-0.39, 0.29) is 22.1 Å². The van der Waals surface area contributed by atoms with Crippen molar-refractivity contribution < 1.29 is 52.8 Å². The van der Waals surface area contributed by atoms with Crippen molar-refractivity contribution >= 4 is 22.6 Å². The SMILES string of the molecule is COc1ccc([C@@H](O)C(C)Oc2ccc([C@H]3OC(c4ccc(O[C@H](C)[C@H](O)c5ccc(OC)c(OC)c5)c(OC)c4)C(I)[C@H]3C)cc2OC)cc1OC. The van der Waals surface area contributed by atoms with Crippen LogP contribution in [0.2, 0.25) is 0 Å². The van der Waals surface area contributed by atoms with E-state index in [0.717, 1.165) is 11.1 Å². The van der Waals surface area contributed by atoms with Crippen LogP contribution in [0.25, 0.3) is 0 Å². The molecule has 0 amide bonds. The Hall–Kier alpha value is -4.11. The minimum absolute atomic E-state index is 0.137. The van der Waals surface area contributed by atoms with E-state index in [1.807, 2.05) is 36.4 Å². The summed E-state index contributed by atoms with van der Waals surface area (Å²) in [4.78, 5) is 0. The van der Waals surface area contributed by atoms with Crippen molar-refractivity contribution in [2.24, 2.45) is 5.92 Å². The maximum atomic E-state index is 11.1. The monoisotopic (exact) mass is 844 g/mol. The van der Waals surface area contributed by atoms with E-state index < -0.39 is 24.4 Å². The normalized spacial score (nSPS) is 20.5. The molecule has 3 unspecified atom stereocenters. The zero-order valence-corrected chi connectivity index (χ0v) is 33.7. The predicted molar refractivity (Wildman–Crippen MR) is 209 cm³/mol. The third-order valence-electron chi connectivity index (χ3n) is 9.61. The van der Waals surface area contributed by atoms with Gasteiger partial charge in [-0.1, -0.05) is 53.8 Å². The quantitative estimate of drug-likeness (QED) is 0.0843. The first-order valence-electron chi connectivity index (χ1n) is 17.3. The minimum Gasteiger partial charge on any atom is -0.493 e. The van der Waals surface area contributed by atoms with E-state index in [0.29, 0.717) is 57.1 Å². The van der Waals surface area contributed by atoms with Crippen LogP contribution < -0.4 is 37.9 Å². The smallest absolute Gasteiger partial charge is 0.161 e. The number of halogens is 1. The number of hydrogen-bond donors (Lipinski definition) is 2. The average Bonchev–Trinajstić information content (AvgIpc) is 3.49. The molecule has 4 aromatic rings. The van der Waals surface area contributed by atoms with Gasteiger partial charge < -0.3 is 52.8 Å². The van der Waals surface area contributed by atoms with Gasteiger partial charge in [0.25, 0.3) is 0 Å². The molecule has 0 bridgehead atoms. The largest absolute Gasteiger partial charge is 0.493 e. The molecule has 11 nitrogen and oxygen atoms in total. The molecule has 0 aromatic heterocycles. The van der Waals surface area contributed by atoms with Crippen LogP contribution in [-0.4, -0.2) is 69.0 Å². The summed E-state index contributed by atoms with van der Waals surface area (Å²) in [7, 11) is 9.42. The molecule has 1 fully saturated rings. The second-order valence-corrected chi connectivity index (χ2v) is 14.3. The van der Waals surface area contributed by atoms with Gasteiger partial charge in [0.15, 0.2) is 46.0 Å². The summed E-state index contributed by atoms with van der Waals surface area (Å²) in [5, 5.41) is 22.2. The van der Waals surface area contributed by atoms with Crippen molar-refractivity contribution in [2.45, 2.75) is 61.3 Å². The molecule has 1 aliphatic rings. The number of aliphatic hydroxyl groups excluding tert-OH is 2. The molecule has 8 atom stereocenters. The van der Waals surface area contributed by atoms with Crippen molar-refractivity contribution in [3.05, 3.63) is 95.1 Å². The standard InChI is InChI=1S/C41H49IO11/c1-22-37(42)41(28-13-17-32(36(21-28)50-9)52-24(3)39(44)26-11-15-30(46-5)34(19-26)48-7)53-40(22)27-12-16-31(35(20-27)49-8)51-23(2)38(43)25-10-14-29(45-4)33(18-25)47-6/h10-24,37-41,43-44H,1-9H3/t22-,23?,24-,37?,38+,39+,40+,41?/m1/s1. The minimum atomic E-state index is -0.933. The lowest BCUT2D eigenvalue weighted by molar-refractivity contribution is 0.0345. The van der Waals surface area contributed by atoms with Crippen LogP contribution >= 0.6 is 22.6 Å². The van der Waals surface area contributed by atoms with Gasteiger partial charge in [-0.3, -0.25) is 0 Å². The fraction of sp³-hybridized carbons (Fsp3) is 0.415. The Kier molecular flexibility index (Phi) is 13.5. The van der Waals surface area contributed by atoms with Crippen LogP contribution in [0, 0.1) is 5.92 Å². The topological polar surface area (TPSA) is 124 Å². The molecule has 1 aliphatic heterocycles. The van der Waals surface area contributed by atoms with Crippen molar-refractivity contribution in [2.75, 3.05) is 42.7 Å². The molecule has 12 heteroatoms. The number of hydrogen-bond acceptors (Lipinski definition) is 11. The van der Waals surface area contributed by atoms with Gasteiger partial charge in [0.1, 0.15) is 24.4 Å². The first-order valence-corrected chi connectivity index (χ1v) is 18.5. The Morgan fingerprint density at radius 1 is 0.509 bits per heavy atom. The fourth-order valence-corrected chi connectivity index (χ4v) is 7.47. The highest BCUT2D eigenvalue weighted by Gasteiger charge is 2.42. The zero-order chi connectivity index (χ0) is 38.4. The summed E-state index contributed by atoms with van der Waals surface area (Å²) >= 11 is 2.46. The van der Waals surface area contributed by atoms with E-state index in [1.165, 1.54) is 0 Å². The molecule has 5 rings (SSSR count). The summed E-state index contributed by atoms with van der Waals surface area (Å²) < 4.78 is 52.3. The first kappa shape index (κ1) is 40.1. The second-order valence-electron chi connectivity index (χ2n) is 12.9. The van der Waals surface area contributed by atoms with Gasteiger partial charge >= 0.3 is 0 Å². The molecule has 53 heavy (non-hydrogen) atoms. The summed E-state index contributed by atoms with van der Waals surface area (Å²) in [5.74, 6) is 4.42. The van der Waals surface area contributed by atoms with Crippen LogP contribution in [-0.2, 0) is 4.74 Å². The first-order chi connectivity index (χ1) is 25.5. The number of rotatable bonds is 16. The zero-order valence-electron chi connectivity index (χ0n) is 31.5. The molecule has 2 N–H and O–H groups in total. The van der Waals surface area contributed by atoms with Gasteiger partial charge in [0.05, 0.1) is 54.9 Å². The highest BCUT2D eigenvalue weighted by atomic mass is 127. The van der Waals surface area contributed by atoms with Gasteiger partial charge in [-0.2, -0.15) is 0 Å². The van der Waals surface area contributed by atoms with Crippen molar-refractivity contribution in [3.8, 4) is 46.0 Å². The van der Waals surface area contributed by atoms with Gasteiger partial charge in [0.2, 0.25) is 0 Å². The van der Waals surface area contributed by atoms with E-state index in [4.69, 9.17) is 42.6 Å². The van der Waals surface area contributed by atoms with Crippen LogP contribution in [0.1, 0.15) is 67.4 Å². The van der Waals surface area contributed by atoms with E-state index in [2.05, 4.69) is 29.5 Å². The van der Waals surface area contributed by atoms with E-state index >= 15 is 0 Å². The van der Waals surface area contributed by atoms with Crippen molar-refractivity contribution in [3.63, 3.8) is 0 Å². The molecule has 0 saturated carbocycles. The Balaban J connectivity index is 1.29. The van der Waals surface area contributed by atoms with E-state index in [1.54, 1.807) is 92.9 Å². The summed E-state index contributed by atoms with van der Waals surface area (Å²) in [6, 6.07) is 22.1. The number of alkyl halides is 1. The van der Waals surface area contributed by atoms with Crippen molar-refractivity contribution in [1.29, 1.82) is 0 Å². The lowest BCUT2D eigenvalue weighted by atomic mass is 9.94. The summed E-state index contributed by atoms with van der Waals surface area (Å²) in [6.07, 6.45) is -3.52. The van der Waals surface area contributed by atoms with Gasteiger partial charge in [0, 0.05) is 9.84 Å². The number of ether oxygens (including phenoxy) is 9. The van der Waals surface area contributed by atoms with Crippen LogP contribution in [0.3, 0.4) is 0 Å². The third-order valence-corrected chi connectivity index (χ3v) is 11.4. The average molecular weight is 845 g/mol. The molecule has 1 saturated heterocycles. The Bertz CT molecular complexity index is 1700. The van der Waals surface area contributed by atoms with Crippen LogP contribution in [0.5, 0.6) is 46.0 Å². The Labute approximate surface area is 325 Å². The van der Waals surface area contributed by atoms with Crippen LogP contribution in [0.15, 0.2) is 72.8 Å². The highest BCUT2D eigenvalue weighted by molar-refractivity contribution is 14.1. The maximum absolute atomic E-state index is 11.1. The Morgan fingerprint density at radius 2 is 0.868 bits per heavy atom. The summed E-state index contributed by atoms with van der Waals surface area (Å²) in [6.45, 7) is 5.77. The molecule has 0 radical (unpaired) electrons. The van der Waals surface area contributed by atoms with Gasteiger partial charge in [-0.05, 0) is 84.6 Å². The maximum Gasteiger partial charge on any atom is 0.161 e. The van der Waals surface area contributed by atoms with Gasteiger partial charge in [-0.25, -0.2) is 0 Å². The van der Waals surface area contributed by atoms with Crippen LogP contribution in [0.4, 0.5) is 0 Å². The number of methoxy groups -OCH3 is 6. The van der Waals surface area contributed by atoms with Gasteiger partial charge in [-0.15, -0.1) is 0 Å². The fourth-order valence-electron chi connectivity index (χ4n) is 6.51. The molecular weight excluding hydrogens is 795 g/mol. The lowest BCUT2D eigenvalue weighted by Gasteiger charge is -2.24. The second kappa shape index (κ2) is 17.8. The number of aliphatic hydroxyl groups is 2. The van der Waals surface area contributed by atoms with Crippen molar-refractivity contribution in [1.82, 2.24) is 0 Å². The molecule has 286 valence electrons. The highest BCUT2D eigenvalue weighted by Crippen LogP contribution is 2.51. The molecular formula is C41H49IO11. The molecule has 4 aromatic carbocycles.